The van der Waals surface area contributed by atoms with E-state index in [2.05, 4.69) is 0 Å². The third-order valence-electron chi connectivity index (χ3n) is 6.39. The molecule has 0 aliphatic rings. The number of rotatable bonds is 6. The summed E-state index contributed by atoms with van der Waals surface area (Å²) in [4.78, 5) is 10.7. The third kappa shape index (κ3) is 4.29. The molecule has 0 radical (unpaired) electrons. The largest absolute Gasteiger partial charge is 0.496 e. The minimum Gasteiger partial charge on any atom is -0.496 e. The summed E-state index contributed by atoms with van der Waals surface area (Å²) >= 11 is 0. The van der Waals surface area contributed by atoms with Gasteiger partial charge in [-0.15, -0.1) is 0 Å². The molecule has 0 aromatic heterocycles. The SMILES string of the molecule is COc1cccc(-c2ccccc2-c2cccc([N+](=O)[O-])c2F)c1-c1cccc(-c2ccccc2)c1N. The van der Waals surface area contributed by atoms with Crippen molar-refractivity contribution in [3.63, 3.8) is 0 Å². The molecule has 5 nitrogen and oxygen atoms in total. The molecule has 0 saturated carbocycles. The normalized spacial score (nSPS) is 10.8. The van der Waals surface area contributed by atoms with E-state index >= 15 is 4.39 Å². The molecule has 0 bridgehead atoms. The van der Waals surface area contributed by atoms with Crippen LogP contribution in [0.3, 0.4) is 0 Å². The van der Waals surface area contributed by atoms with E-state index in [0.717, 1.165) is 33.9 Å². The molecular formula is C31H23FN2O3. The average molecular weight is 491 g/mol. The number of nitro benzene ring substituents is 1. The Morgan fingerprint density at radius 2 is 1.22 bits per heavy atom. The smallest absolute Gasteiger partial charge is 0.305 e. The van der Waals surface area contributed by atoms with Gasteiger partial charge in [-0.05, 0) is 28.3 Å². The van der Waals surface area contributed by atoms with Crippen LogP contribution >= 0.6 is 0 Å². The van der Waals surface area contributed by atoms with Crippen molar-refractivity contribution >= 4 is 11.4 Å². The van der Waals surface area contributed by atoms with Crippen molar-refractivity contribution in [2.75, 3.05) is 12.8 Å². The first-order chi connectivity index (χ1) is 18.0. The Morgan fingerprint density at radius 1 is 0.676 bits per heavy atom. The molecule has 0 unspecified atom stereocenters. The fourth-order valence-electron chi connectivity index (χ4n) is 4.68. The van der Waals surface area contributed by atoms with Gasteiger partial charge in [-0.25, -0.2) is 0 Å². The summed E-state index contributed by atoms with van der Waals surface area (Å²) in [5, 5.41) is 11.4. The molecule has 0 aliphatic carbocycles. The summed E-state index contributed by atoms with van der Waals surface area (Å²) in [6.07, 6.45) is 0. The molecule has 0 saturated heterocycles. The van der Waals surface area contributed by atoms with Crippen LogP contribution in [0.15, 0.2) is 109 Å². The number of ether oxygens (including phenoxy) is 1. The maximum absolute atomic E-state index is 15.3. The highest BCUT2D eigenvalue weighted by Gasteiger charge is 2.23. The van der Waals surface area contributed by atoms with E-state index in [4.69, 9.17) is 10.5 Å². The lowest BCUT2D eigenvalue weighted by Gasteiger charge is -2.20. The summed E-state index contributed by atoms with van der Waals surface area (Å²) in [7, 11) is 1.59. The zero-order valence-corrected chi connectivity index (χ0v) is 20.0. The molecule has 6 heteroatoms. The molecule has 2 N–H and O–H groups in total. The highest BCUT2D eigenvalue weighted by atomic mass is 19.1. The van der Waals surface area contributed by atoms with Gasteiger partial charge in [0.2, 0.25) is 5.82 Å². The monoisotopic (exact) mass is 490 g/mol. The number of para-hydroxylation sites is 1. The van der Waals surface area contributed by atoms with Crippen molar-refractivity contribution in [3.8, 4) is 50.3 Å². The molecule has 5 aromatic rings. The Kier molecular flexibility index (Phi) is 6.39. The van der Waals surface area contributed by atoms with E-state index in [-0.39, 0.29) is 5.56 Å². The standard InChI is InChI=1S/C31H23FN2O3/c1-37-28-19-9-15-24(29(28)26-17-7-14-21(31(26)33)20-10-3-2-4-11-20)22-12-5-6-13-23(22)25-16-8-18-27(30(25)32)34(35)36/h2-19H,33H2,1H3. The van der Waals surface area contributed by atoms with Gasteiger partial charge in [-0.1, -0.05) is 97.1 Å². The fourth-order valence-corrected chi connectivity index (χ4v) is 4.68. The lowest BCUT2D eigenvalue weighted by Crippen LogP contribution is -1.99. The van der Waals surface area contributed by atoms with E-state index in [1.807, 2.05) is 78.9 Å². The van der Waals surface area contributed by atoms with Gasteiger partial charge in [0, 0.05) is 34.0 Å². The van der Waals surface area contributed by atoms with E-state index in [1.165, 1.54) is 6.07 Å². The summed E-state index contributed by atoms with van der Waals surface area (Å²) in [6.45, 7) is 0. The minimum absolute atomic E-state index is 0.143. The summed E-state index contributed by atoms with van der Waals surface area (Å²) < 4.78 is 21.1. The lowest BCUT2D eigenvalue weighted by atomic mass is 9.87. The van der Waals surface area contributed by atoms with E-state index in [1.54, 1.807) is 25.3 Å². The first-order valence-electron chi connectivity index (χ1n) is 11.6. The van der Waals surface area contributed by atoms with Crippen LogP contribution in [0.25, 0.3) is 44.5 Å². The van der Waals surface area contributed by atoms with Crippen molar-refractivity contribution in [3.05, 3.63) is 125 Å². The average Bonchev–Trinajstić information content (AvgIpc) is 2.93. The number of nitrogens with two attached hydrogens (primary N) is 1. The van der Waals surface area contributed by atoms with Gasteiger partial charge in [0.1, 0.15) is 5.75 Å². The zero-order chi connectivity index (χ0) is 25.9. The second-order valence-corrected chi connectivity index (χ2v) is 8.46. The van der Waals surface area contributed by atoms with Crippen LogP contribution in [0.1, 0.15) is 0 Å². The predicted octanol–water partition coefficient (Wildman–Crippen LogP) is 7.99. The highest BCUT2D eigenvalue weighted by molar-refractivity contribution is 5.99. The van der Waals surface area contributed by atoms with Gasteiger partial charge in [-0.3, -0.25) is 10.1 Å². The fraction of sp³-hybridized carbons (Fsp3) is 0.0323. The maximum atomic E-state index is 15.3. The van der Waals surface area contributed by atoms with E-state index in [0.29, 0.717) is 22.6 Å². The number of nitrogen functional groups attached to an aromatic ring is 1. The molecule has 0 amide bonds. The van der Waals surface area contributed by atoms with Crippen molar-refractivity contribution in [1.82, 2.24) is 0 Å². The van der Waals surface area contributed by atoms with Crippen molar-refractivity contribution in [2.24, 2.45) is 0 Å². The maximum Gasteiger partial charge on any atom is 0.305 e. The Morgan fingerprint density at radius 3 is 1.92 bits per heavy atom. The molecule has 37 heavy (non-hydrogen) atoms. The number of halogens is 1. The molecule has 0 aliphatic heterocycles. The van der Waals surface area contributed by atoms with Crippen LogP contribution in [0.5, 0.6) is 5.75 Å². The van der Waals surface area contributed by atoms with E-state index in [9.17, 15) is 10.1 Å². The van der Waals surface area contributed by atoms with Crippen LogP contribution in [0, 0.1) is 15.9 Å². The number of hydrogen-bond acceptors (Lipinski definition) is 4. The number of nitro groups is 1. The topological polar surface area (TPSA) is 78.4 Å². The molecule has 0 fully saturated rings. The highest BCUT2D eigenvalue weighted by Crippen LogP contribution is 2.46. The number of benzene rings is 5. The lowest BCUT2D eigenvalue weighted by molar-refractivity contribution is -0.387. The summed E-state index contributed by atoms with van der Waals surface area (Å²) in [5.74, 6) is -0.279. The van der Waals surface area contributed by atoms with Crippen LogP contribution in [0.4, 0.5) is 15.8 Å². The van der Waals surface area contributed by atoms with Gasteiger partial charge >= 0.3 is 5.69 Å². The molecule has 5 rings (SSSR count). The quantitative estimate of drug-likeness (QED) is 0.149. The number of anilines is 1. The minimum atomic E-state index is -0.880. The Labute approximate surface area is 213 Å². The number of methoxy groups -OCH3 is 1. The second kappa shape index (κ2) is 9.95. The van der Waals surface area contributed by atoms with Gasteiger partial charge in [0.15, 0.2) is 0 Å². The van der Waals surface area contributed by atoms with Gasteiger partial charge in [-0.2, -0.15) is 4.39 Å². The Bertz CT molecular complexity index is 1620. The molecule has 0 atom stereocenters. The first kappa shape index (κ1) is 23.8. The van der Waals surface area contributed by atoms with Gasteiger partial charge < -0.3 is 10.5 Å². The number of nitrogens with zero attached hydrogens (tertiary/aromatic N) is 1. The Hall–Kier alpha value is -4.97. The summed E-state index contributed by atoms with van der Waals surface area (Å²) in [5.41, 5.74) is 12.3. The van der Waals surface area contributed by atoms with Gasteiger partial charge in [0.05, 0.1) is 12.0 Å². The predicted molar refractivity (Wildman–Crippen MR) is 146 cm³/mol. The second-order valence-electron chi connectivity index (χ2n) is 8.46. The van der Waals surface area contributed by atoms with Crippen molar-refractivity contribution in [2.45, 2.75) is 0 Å². The van der Waals surface area contributed by atoms with Crippen molar-refractivity contribution < 1.29 is 14.1 Å². The van der Waals surface area contributed by atoms with Crippen molar-refractivity contribution in [1.29, 1.82) is 0 Å². The Balaban J connectivity index is 1.78. The van der Waals surface area contributed by atoms with Crippen LogP contribution in [-0.2, 0) is 0 Å². The van der Waals surface area contributed by atoms with E-state index < -0.39 is 16.4 Å². The first-order valence-corrected chi connectivity index (χ1v) is 11.6. The number of hydrogen-bond donors (Lipinski definition) is 1. The van der Waals surface area contributed by atoms with Crippen LogP contribution < -0.4 is 10.5 Å². The zero-order valence-electron chi connectivity index (χ0n) is 20.0. The molecular weight excluding hydrogens is 467 g/mol. The molecule has 0 heterocycles. The van der Waals surface area contributed by atoms with Crippen LogP contribution in [0.2, 0.25) is 0 Å². The molecule has 5 aromatic carbocycles. The molecule has 0 spiro atoms. The summed E-state index contributed by atoms with van der Waals surface area (Å²) in [6, 6.07) is 32.8. The van der Waals surface area contributed by atoms with Crippen LogP contribution in [-0.4, -0.2) is 12.0 Å². The molecule has 182 valence electrons. The third-order valence-corrected chi connectivity index (χ3v) is 6.39. The van der Waals surface area contributed by atoms with Gasteiger partial charge in [0.25, 0.3) is 0 Å².